The largest absolute Gasteiger partial charge is 0.336 e. The van der Waals surface area contributed by atoms with Gasteiger partial charge in [-0.2, -0.15) is 0 Å². The molecule has 30 heavy (non-hydrogen) atoms. The molecule has 0 saturated heterocycles. The summed E-state index contributed by atoms with van der Waals surface area (Å²) in [6.45, 7) is 1.61. The van der Waals surface area contributed by atoms with E-state index in [2.05, 4.69) is 10.3 Å². The Morgan fingerprint density at radius 1 is 1.07 bits per heavy atom. The zero-order valence-corrected chi connectivity index (χ0v) is 17.0. The van der Waals surface area contributed by atoms with E-state index in [1.165, 1.54) is 18.4 Å². The first-order chi connectivity index (χ1) is 14.2. The summed E-state index contributed by atoms with van der Waals surface area (Å²) in [6.07, 6.45) is -0.00826. The minimum Gasteiger partial charge on any atom is -0.336 e. The summed E-state index contributed by atoms with van der Waals surface area (Å²) in [4.78, 5) is 30.0. The molecular weight excluding hydrogens is 415 g/mol. The van der Waals surface area contributed by atoms with Crippen LogP contribution in [0.4, 0.5) is 18.9 Å². The molecule has 0 aliphatic rings. The van der Waals surface area contributed by atoms with Crippen molar-refractivity contribution >= 4 is 28.8 Å². The maximum Gasteiger partial charge on any atom is 0.244 e. The van der Waals surface area contributed by atoms with Gasteiger partial charge in [-0.25, -0.2) is 18.2 Å². The van der Waals surface area contributed by atoms with E-state index in [1.54, 1.807) is 5.38 Å². The van der Waals surface area contributed by atoms with E-state index in [0.29, 0.717) is 11.8 Å². The Hall–Kier alpha value is -3.20. The average Bonchev–Trinajstić information content (AvgIpc) is 3.17. The van der Waals surface area contributed by atoms with Crippen LogP contribution in [0.3, 0.4) is 0 Å². The van der Waals surface area contributed by atoms with Crippen molar-refractivity contribution in [2.75, 3.05) is 18.9 Å². The molecule has 156 valence electrons. The fourth-order valence-electron chi connectivity index (χ4n) is 2.62. The molecule has 2 aromatic carbocycles. The molecule has 0 spiro atoms. The highest BCUT2D eigenvalue weighted by Crippen LogP contribution is 2.24. The van der Waals surface area contributed by atoms with Crippen LogP contribution in [-0.2, 0) is 16.0 Å². The van der Waals surface area contributed by atoms with Gasteiger partial charge in [-0.15, -0.1) is 11.3 Å². The molecule has 0 atom stereocenters. The summed E-state index contributed by atoms with van der Waals surface area (Å²) in [6, 6.07) is 9.47. The monoisotopic (exact) mass is 433 g/mol. The van der Waals surface area contributed by atoms with Gasteiger partial charge in [0.1, 0.15) is 5.01 Å². The number of carbonyl (C=O) groups excluding carboxylic acids is 2. The topological polar surface area (TPSA) is 62.3 Å². The number of nitrogens with one attached hydrogen (secondary N) is 1. The standard InChI is InChI=1S/C21H18F3N3O2S/c1-12-3-5-13(6-4-12)21-25-14(11-30-21)9-18(29)27(2)10-17(28)26-16-8-7-15(22)19(23)20(16)24/h3-8,11H,9-10H2,1-2H3,(H,26,28). The van der Waals surface area contributed by atoms with Crippen molar-refractivity contribution < 1.29 is 22.8 Å². The normalized spacial score (nSPS) is 10.7. The third-order valence-electron chi connectivity index (χ3n) is 4.30. The van der Waals surface area contributed by atoms with E-state index in [1.807, 2.05) is 31.2 Å². The number of nitrogens with zero attached hydrogens (tertiary/aromatic N) is 2. The minimum absolute atomic E-state index is 0.00826. The van der Waals surface area contributed by atoms with Gasteiger partial charge in [0, 0.05) is 18.0 Å². The number of benzene rings is 2. The zero-order chi connectivity index (χ0) is 21.8. The highest BCUT2D eigenvalue weighted by molar-refractivity contribution is 7.13. The van der Waals surface area contributed by atoms with E-state index < -0.39 is 29.0 Å². The Labute approximate surface area is 175 Å². The molecule has 0 saturated carbocycles. The first kappa shape index (κ1) is 21.5. The number of amides is 2. The number of hydrogen-bond donors (Lipinski definition) is 1. The van der Waals surface area contributed by atoms with Gasteiger partial charge in [0.15, 0.2) is 17.5 Å². The summed E-state index contributed by atoms with van der Waals surface area (Å²) >= 11 is 1.41. The Morgan fingerprint density at radius 2 is 1.77 bits per heavy atom. The lowest BCUT2D eigenvalue weighted by Gasteiger charge is -2.16. The number of rotatable bonds is 6. The summed E-state index contributed by atoms with van der Waals surface area (Å²) in [5, 5.41) is 4.69. The number of thiazole rings is 1. The van der Waals surface area contributed by atoms with E-state index >= 15 is 0 Å². The first-order valence-corrected chi connectivity index (χ1v) is 9.81. The Morgan fingerprint density at radius 3 is 2.47 bits per heavy atom. The predicted molar refractivity (Wildman–Crippen MR) is 109 cm³/mol. The molecule has 5 nitrogen and oxygen atoms in total. The Kier molecular flexibility index (Phi) is 6.51. The lowest BCUT2D eigenvalue weighted by atomic mass is 10.2. The molecule has 3 rings (SSSR count). The van der Waals surface area contributed by atoms with Crippen molar-refractivity contribution in [1.82, 2.24) is 9.88 Å². The van der Waals surface area contributed by atoms with Crippen molar-refractivity contribution in [2.24, 2.45) is 0 Å². The SMILES string of the molecule is Cc1ccc(-c2nc(CC(=O)N(C)CC(=O)Nc3ccc(F)c(F)c3F)cs2)cc1. The van der Waals surface area contributed by atoms with Gasteiger partial charge in [-0.1, -0.05) is 29.8 Å². The summed E-state index contributed by atoms with van der Waals surface area (Å²) in [5.74, 6) is -5.63. The number of anilines is 1. The van der Waals surface area contributed by atoms with Crippen LogP contribution in [0.1, 0.15) is 11.3 Å². The highest BCUT2D eigenvalue weighted by atomic mass is 32.1. The van der Waals surface area contributed by atoms with Crippen molar-refractivity contribution in [3.63, 3.8) is 0 Å². The second-order valence-corrected chi connectivity index (χ2v) is 7.57. The summed E-state index contributed by atoms with van der Waals surface area (Å²) < 4.78 is 39.9. The van der Waals surface area contributed by atoms with Gasteiger partial charge in [0.05, 0.1) is 24.3 Å². The maximum absolute atomic E-state index is 13.7. The molecule has 2 amide bonds. The third-order valence-corrected chi connectivity index (χ3v) is 5.24. The average molecular weight is 433 g/mol. The molecule has 1 heterocycles. The van der Waals surface area contributed by atoms with E-state index in [4.69, 9.17) is 0 Å². The van der Waals surface area contributed by atoms with Gasteiger partial charge in [0.2, 0.25) is 11.8 Å². The fraction of sp³-hybridized carbons (Fsp3) is 0.190. The predicted octanol–water partition coefficient (Wildman–Crippen LogP) is 4.18. The second-order valence-electron chi connectivity index (χ2n) is 6.71. The summed E-state index contributed by atoms with van der Waals surface area (Å²) in [5.41, 5.74) is 2.15. The van der Waals surface area contributed by atoms with Gasteiger partial charge in [-0.05, 0) is 19.1 Å². The fourth-order valence-corrected chi connectivity index (χ4v) is 3.45. The minimum atomic E-state index is -1.68. The van der Waals surface area contributed by atoms with Crippen LogP contribution < -0.4 is 5.32 Å². The Balaban J connectivity index is 1.58. The molecule has 0 aliphatic heterocycles. The van der Waals surface area contributed by atoms with Crippen molar-refractivity contribution in [3.8, 4) is 10.6 Å². The smallest absolute Gasteiger partial charge is 0.244 e. The van der Waals surface area contributed by atoms with Crippen LogP contribution in [0, 0.1) is 24.4 Å². The van der Waals surface area contributed by atoms with E-state index in [0.717, 1.165) is 27.1 Å². The zero-order valence-electron chi connectivity index (χ0n) is 16.2. The molecule has 0 bridgehead atoms. The molecule has 0 unspecified atom stereocenters. The van der Waals surface area contributed by atoms with Crippen LogP contribution in [-0.4, -0.2) is 35.3 Å². The first-order valence-electron chi connectivity index (χ1n) is 8.93. The van der Waals surface area contributed by atoms with E-state index in [9.17, 15) is 22.8 Å². The van der Waals surface area contributed by atoms with Crippen LogP contribution in [0.5, 0.6) is 0 Å². The number of carbonyl (C=O) groups is 2. The van der Waals surface area contributed by atoms with Crippen LogP contribution >= 0.6 is 11.3 Å². The van der Waals surface area contributed by atoms with Crippen LogP contribution in [0.25, 0.3) is 10.6 Å². The number of likely N-dealkylation sites (N-methyl/N-ethyl adjacent to an activating group) is 1. The summed E-state index contributed by atoms with van der Waals surface area (Å²) in [7, 11) is 1.41. The van der Waals surface area contributed by atoms with Crippen LogP contribution in [0.15, 0.2) is 41.8 Å². The highest BCUT2D eigenvalue weighted by Gasteiger charge is 2.18. The molecule has 0 aliphatic carbocycles. The second kappa shape index (κ2) is 9.08. The Bertz CT molecular complexity index is 1080. The number of aromatic nitrogens is 1. The lowest BCUT2D eigenvalue weighted by Crippen LogP contribution is -2.36. The molecule has 9 heteroatoms. The number of halogens is 3. The lowest BCUT2D eigenvalue weighted by molar-refractivity contribution is -0.132. The van der Waals surface area contributed by atoms with Crippen LogP contribution in [0.2, 0.25) is 0 Å². The molecular formula is C21H18F3N3O2S. The van der Waals surface area contributed by atoms with Crippen molar-refractivity contribution in [3.05, 3.63) is 70.5 Å². The molecule has 1 N–H and O–H groups in total. The van der Waals surface area contributed by atoms with Crippen molar-refractivity contribution in [1.29, 1.82) is 0 Å². The molecule has 3 aromatic rings. The van der Waals surface area contributed by atoms with Gasteiger partial charge in [0.25, 0.3) is 0 Å². The van der Waals surface area contributed by atoms with Crippen molar-refractivity contribution in [2.45, 2.75) is 13.3 Å². The molecule has 0 radical (unpaired) electrons. The van der Waals surface area contributed by atoms with Gasteiger partial charge >= 0.3 is 0 Å². The van der Waals surface area contributed by atoms with E-state index in [-0.39, 0.29) is 18.9 Å². The molecule has 0 fully saturated rings. The maximum atomic E-state index is 13.7. The number of aryl methyl sites for hydroxylation is 1. The molecule has 1 aromatic heterocycles. The third kappa shape index (κ3) is 5.04. The van der Waals surface area contributed by atoms with Gasteiger partial charge in [-0.3, -0.25) is 9.59 Å². The number of hydrogen-bond acceptors (Lipinski definition) is 4. The quantitative estimate of drug-likeness (QED) is 0.594. The van der Waals surface area contributed by atoms with Gasteiger partial charge < -0.3 is 10.2 Å².